The molecule has 2 aromatic rings. The lowest BCUT2D eigenvalue weighted by molar-refractivity contribution is -0.144. The number of carbonyl (C=O) groups excluding carboxylic acids is 1. The lowest BCUT2D eigenvalue weighted by Gasteiger charge is -2.44. The van der Waals surface area contributed by atoms with E-state index in [-0.39, 0.29) is 31.2 Å². The Bertz CT molecular complexity index is 922. The van der Waals surface area contributed by atoms with Crippen LogP contribution in [0.5, 0.6) is 0 Å². The smallest absolute Gasteiger partial charge is 0.410 e. The van der Waals surface area contributed by atoms with Crippen molar-refractivity contribution in [2.75, 3.05) is 13.2 Å². The van der Waals surface area contributed by atoms with Gasteiger partial charge in [0.1, 0.15) is 6.61 Å². The third-order valence-corrected chi connectivity index (χ3v) is 7.24. The molecule has 1 saturated heterocycles. The molecule has 0 spiro atoms. The number of benzene rings is 2. The zero-order chi connectivity index (χ0) is 20.7. The molecule has 1 amide bonds. The number of ether oxygens (including phenoxy) is 1. The molecule has 5 nitrogen and oxygen atoms in total. The van der Waals surface area contributed by atoms with Crippen molar-refractivity contribution in [3.63, 3.8) is 0 Å². The minimum atomic E-state index is -0.821. The monoisotopic (exact) mass is 405 g/mol. The Morgan fingerprint density at radius 2 is 1.57 bits per heavy atom. The van der Waals surface area contributed by atoms with Crippen LogP contribution in [0.3, 0.4) is 0 Å². The van der Waals surface area contributed by atoms with Gasteiger partial charge in [-0.2, -0.15) is 0 Å². The first-order valence-corrected chi connectivity index (χ1v) is 11.0. The highest BCUT2D eigenvalue weighted by molar-refractivity contribution is 5.79. The van der Waals surface area contributed by atoms with Gasteiger partial charge in [0.05, 0.1) is 5.92 Å². The predicted molar refractivity (Wildman–Crippen MR) is 113 cm³/mol. The molecular weight excluding hydrogens is 378 g/mol. The summed E-state index contributed by atoms with van der Waals surface area (Å²) in [4.78, 5) is 26.4. The Morgan fingerprint density at radius 3 is 2.13 bits per heavy atom. The average molecular weight is 405 g/mol. The van der Waals surface area contributed by atoms with Crippen LogP contribution in [-0.2, 0) is 9.53 Å². The first kappa shape index (κ1) is 19.2. The molecule has 5 heteroatoms. The fourth-order valence-electron chi connectivity index (χ4n) is 5.40. The van der Waals surface area contributed by atoms with Gasteiger partial charge in [0.25, 0.3) is 0 Å². The molecule has 0 bridgehead atoms. The number of piperidine rings is 1. The summed E-state index contributed by atoms with van der Waals surface area (Å²) in [6, 6.07) is 16.7. The number of carboxylic acid groups (broad SMARTS) is 1. The number of hydrogen-bond donors (Lipinski definition) is 1. The molecule has 1 heterocycles. The Kier molecular flexibility index (Phi) is 4.97. The number of amides is 1. The zero-order valence-electron chi connectivity index (χ0n) is 17.0. The van der Waals surface area contributed by atoms with Gasteiger partial charge in [-0.25, -0.2) is 4.79 Å². The van der Waals surface area contributed by atoms with E-state index in [1.807, 2.05) is 24.3 Å². The van der Waals surface area contributed by atoms with Gasteiger partial charge in [-0.3, -0.25) is 4.79 Å². The van der Waals surface area contributed by atoms with Crippen LogP contribution in [0, 0.1) is 11.8 Å². The Labute approximate surface area is 176 Å². The standard InChI is InChI=1S/C25H27NO4/c27-24(28)17-12-13-23(16-6-5-7-16)26(14-17)25(29)30-15-22-20-10-3-1-8-18(20)19-9-2-4-11-21(19)22/h1-4,8-11,16-17,22-23H,5-7,12-15H2,(H,27,28)/t17-,23+/m1/s1. The largest absolute Gasteiger partial charge is 0.481 e. The van der Waals surface area contributed by atoms with Crippen molar-refractivity contribution in [1.82, 2.24) is 4.90 Å². The molecule has 1 N–H and O–H groups in total. The van der Waals surface area contributed by atoms with Gasteiger partial charge in [-0.15, -0.1) is 0 Å². The van der Waals surface area contributed by atoms with E-state index in [9.17, 15) is 14.7 Å². The van der Waals surface area contributed by atoms with Crippen molar-refractivity contribution in [3.8, 4) is 11.1 Å². The number of likely N-dealkylation sites (tertiary alicyclic amines) is 1. The second-order valence-electron chi connectivity index (χ2n) is 8.83. The molecule has 156 valence electrons. The number of carbonyl (C=O) groups is 2. The van der Waals surface area contributed by atoms with Crippen molar-refractivity contribution in [2.24, 2.45) is 11.8 Å². The van der Waals surface area contributed by atoms with Crippen LogP contribution in [0.15, 0.2) is 48.5 Å². The van der Waals surface area contributed by atoms with Crippen LogP contribution >= 0.6 is 0 Å². The minimum Gasteiger partial charge on any atom is -0.481 e. The maximum absolute atomic E-state index is 13.1. The third kappa shape index (κ3) is 3.26. The molecule has 5 rings (SSSR count). The van der Waals surface area contributed by atoms with E-state index in [4.69, 9.17) is 4.74 Å². The number of carboxylic acids is 1. The fourth-order valence-corrected chi connectivity index (χ4v) is 5.40. The van der Waals surface area contributed by atoms with Crippen LogP contribution in [0.4, 0.5) is 4.79 Å². The summed E-state index contributed by atoms with van der Waals surface area (Å²) in [6.07, 6.45) is 4.47. The van der Waals surface area contributed by atoms with E-state index in [0.717, 1.165) is 19.3 Å². The van der Waals surface area contributed by atoms with Crippen LogP contribution in [0.25, 0.3) is 11.1 Å². The van der Waals surface area contributed by atoms with Gasteiger partial charge < -0.3 is 14.7 Å². The third-order valence-electron chi connectivity index (χ3n) is 7.24. The number of fused-ring (bicyclic) bond motifs is 3. The van der Waals surface area contributed by atoms with Crippen LogP contribution in [-0.4, -0.2) is 41.3 Å². The van der Waals surface area contributed by atoms with Crippen molar-refractivity contribution in [2.45, 2.75) is 44.1 Å². The minimum absolute atomic E-state index is 0.0172. The summed E-state index contributed by atoms with van der Waals surface area (Å²) in [5.41, 5.74) is 4.77. The highest BCUT2D eigenvalue weighted by Gasteiger charge is 2.41. The summed E-state index contributed by atoms with van der Waals surface area (Å²) < 4.78 is 5.85. The Balaban J connectivity index is 1.34. The second kappa shape index (κ2) is 7.78. The first-order chi connectivity index (χ1) is 14.6. The quantitative estimate of drug-likeness (QED) is 0.786. The van der Waals surface area contributed by atoms with Gasteiger partial charge in [0, 0.05) is 18.5 Å². The van der Waals surface area contributed by atoms with Gasteiger partial charge >= 0.3 is 12.1 Å². The van der Waals surface area contributed by atoms with Gasteiger partial charge in [-0.1, -0.05) is 55.0 Å². The molecule has 30 heavy (non-hydrogen) atoms. The molecular formula is C25H27NO4. The van der Waals surface area contributed by atoms with E-state index in [0.29, 0.717) is 12.3 Å². The fraction of sp³-hybridized carbons (Fsp3) is 0.440. The molecule has 1 aliphatic heterocycles. The summed E-state index contributed by atoms with van der Waals surface area (Å²) in [7, 11) is 0. The molecule has 0 unspecified atom stereocenters. The van der Waals surface area contributed by atoms with Crippen molar-refractivity contribution in [1.29, 1.82) is 0 Å². The van der Waals surface area contributed by atoms with Gasteiger partial charge in [0.15, 0.2) is 0 Å². The molecule has 0 radical (unpaired) electrons. The summed E-state index contributed by atoms with van der Waals surface area (Å²) in [5.74, 6) is -0.816. The maximum atomic E-state index is 13.1. The van der Waals surface area contributed by atoms with E-state index in [1.54, 1.807) is 4.90 Å². The number of aliphatic carboxylic acids is 1. The van der Waals surface area contributed by atoms with E-state index < -0.39 is 11.9 Å². The van der Waals surface area contributed by atoms with E-state index in [1.165, 1.54) is 28.7 Å². The lowest BCUT2D eigenvalue weighted by Crippen LogP contribution is -2.53. The second-order valence-corrected chi connectivity index (χ2v) is 8.83. The SMILES string of the molecule is O=C(O)[C@@H]1CC[C@@H](C2CCC2)N(C(=O)OCC2c3ccccc3-c3ccccc32)C1. The van der Waals surface area contributed by atoms with Crippen LogP contribution in [0.2, 0.25) is 0 Å². The molecule has 2 aromatic carbocycles. The molecule has 3 aliphatic rings. The lowest BCUT2D eigenvalue weighted by atomic mass is 9.75. The van der Waals surface area contributed by atoms with Crippen molar-refractivity contribution >= 4 is 12.1 Å². The molecule has 1 saturated carbocycles. The Morgan fingerprint density at radius 1 is 0.933 bits per heavy atom. The summed E-state index contributed by atoms with van der Waals surface area (Å²) in [6.45, 7) is 0.533. The Hall–Kier alpha value is -2.82. The van der Waals surface area contributed by atoms with Crippen molar-refractivity contribution < 1.29 is 19.4 Å². The summed E-state index contributed by atoms with van der Waals surface area (Å²) >= 11 is 0. The normalized spacial score (nSPS) is 23.4. The molecule has 2 fully saturated rings. The summed E-state index contributed by atoms with van der Waals surface area (Å²) in [5, 5.41) is 9.48. The molecule has 2 atom stereocenters. The number of nitrogens with zero attached hydrogens (tertiary/aromatic N) is 1. The zero-order valence-corrected chi connectivity index (χ0v) is 17.0. The van der Waals surface area contributed by atoms with Gasteiger partial charge in [-0.05, 0) is 53.9 Å². The predicted octanol–water partition coefficient (Wildman–Crippen LogP) is 4.90. The van der Waals surface area contributed by atoms with Crippen LogP contribution in [0.1, 0.15) is 49.1 Å². The maximum Gasteiger partial charge on any atom is 0.410 e. The number of hydrogen-bond acceptors (Lipinski definition) is 3. The van der Waals surface area contributed by atoms with Crippen molar-refractivity contribution in [3.05, 3.63) is 59.7 Å². The van der Waals surface area contributed by atoms with Gasteiger partial charge in [0.2, 0.25) is 0 Å². The first-order valence-electron chi connectivity index (χ1n) is 11.0. The highest BCUT2D eigenvalue weighted by Crippen LogP contribution is 2.45. The molecule has 2 aliphatic carbocycles. The van der Waals surface area contributed by atoms with E-state index in [2.05, 4.69) is 24.3 Å². The highest BCUT2D eigenvalue weighted by atomic mass is 16.6. The number of rotatable bonds is 4. The van der Waals surface area contributed by atoms with Crippen LogP contribution < -0.4 is 0 Å². The van der Waals surface area contributed by atoms with E-state index >= 15 is 0 Å². The molecule has 0 aromatic heterocycles. The average Bonchev–Trinajstić information content (AvgIpc) is 3.05. The topological polar surface area (TPSA) is 66.8 Å².